The molecule has 5 nitrogen and oxygen atoms in total. The molecule has 0 aromatic heterocycles. The standard InChI is InChI=1S/C12H16N2O3/c13-10-3-1-9(2-4-10)12(16)14-5-6-17-8-11(14)7-15/h1-4,11,15H,5-8,13H2. The van der Waals surface area contributed by atoms with Gasteiger partial charge >= 0.3 is 0 Å². The number of aliphatic hydroxyl groups is 1. The molecule has 0 aliphatic carbocycles. The molecule has 1 fully saturated rings. The lowest BCUT2D eigenvalue weighted by Gasteiger charge is -2.34. The molecule has 1 unspecified atom stereocenters. The Hall–Kier alpha value is -1.59. The van der Waals surface area contributed by atoms with E-state index in [9.17, 15) is 9.90 Å². The van der Waals surface area contributed by atoms with E-state index in [0.29, 0.717) is 31.0 Å². The topological polar surface area (TPSA) is 75.8 Å². The second kappa shape index (κ2) is 5.16. The van der Waals surface area contributed by atoms with Gasteiger partial charge in [0.2, 0.25) is 0 Å². The third-order valence-corrected chi connectivity index (χ3v) is 2.86. The minimum absolute atomic E-state index is 0.0826. The smallest absolute Gasteiger partial charge is 0.254 e. The van der Waals surface area contributed by atoms with Gasteiger partial charge in [-0.1, -0.05) is 0 Å². The number of hydrogen-bond donors (Lipinski definition) is 2. The van der Waals surface area contributed by atoms with E-state index in [1.165, 1.54) is 0 Å². The van der Waals surface area contributed by atoms with E-state index in [0.717, 1.165) is 0 Å². The van der Waals surface area contributed by atoms with Crippen molar-refractivity contribution in [1.29, 1.82) is 0 Å². The van der Waals surface area contributed by atoms with Crippen LogP contribution in [0.15, 0.2) is 24.3 Å². The van der Waals surface area contributed by atoms with Gasteiger partial charge in [0, 0.05) is 17.8 Å². The maximum absolute atomic E-state index is 12.2. The van der Waals surface area contributed by atoms with Crippen LogP contribution in [0.1, 0.15) is 10.4 Å². The minimum Gasteiger partial charge on any atom is -0.399 e. The van der Waals surface area contributed by atoms with E-state index in [2.05, 4.69) is 0 Å². The molecule has 1 aliphatic rings. The molecule has 1 amide bonds. The van der Waals surface area contributed by atoms with Crippen molar-refractivity contribution in [2.75, 3.05) is 32.1 Å². The normalized spacial score (nSPS) is 20.3. The maximum Gasteiger partial charge on any atom is 0.254 e. The van der Waals surface area contributed by atoms with E-state index in [-0.39, 0.29) is 18.6 Å². The van der Waals surface area contributed by atoms with Gasteiger partial charge in [-0.05, 0) is 24.3 Å². The van der Waals surface area contributed by atoms with Gasteiger partial charge in [-0.15, -0.1) is 0 Å². The van der Waals surface area contributed by atoms with Crippen LogP contribution in [0.2, 0.25) is 0 Å². The Morgan fingerprint density at radius 2 is 2.18 bits per heavy atom. The van der Waals surface area contributed by atoms with Crippen LogP contribution in [0.3, 0.4) is 0 Å². The number of hydrogen-bond acceptors (Lipinski definition) is 4. The fourth-order valence-electron chi connectivity index (χ4n) is 1.86. The van der Waals surface area contributed by atoms with E-state index >= 15 is 0 Å². The molecule has 1 aliphatic heterocycles. The molecule has 1 heterocycles. The Labute approximate surface area is 99.8 Å². The number of nitrogens with two attached hydrogens (primary N) is 1. The van der Waals surface area contributed by atoms with Crippen molar-refractivity contribution in [3.63, 3.8) is 0 Å². The second-order valence-electron chi connectivity index (χ2n) is 4.03. The molecule has 2 rings (SSSR count). The fourth-order valence-corrected chi connectivity index (χ4v) is 1.86. The molecule has 1 aromatic carbocycles. The van der Waals surface area contributed by atoms with Crippen LogP contribution in [0, 0.1) is 0 Å². The molecule has 1 aromatic rings. The molecule has 0 spiro atoms. The van der Waals surface area contributed by atoms with Crippen molar-refractivity contribution in [1.82, 2.24) is 4.90 Å². The van der Waals surface area contributed by atoms with Crippen molar-refractivity contribution >= 4 is 11.6 Å². The summed E-state index contributed by atoms with van der Waals surface area (Å²) in [7, 11) is 0. The molecule has 1 atom stereocenters. The predicted molar refractivity (Wildman–Crippen MR) is 63.6 cm³/mol. The zero-order valence-corrected chi connectivity index (χ0v) is 9.50. The Morgan fingerprint density at radius 3 is 2.82 bits per heavy atom. The number of nitrogen functional groups attached to an aromatic ring is 1. The van der Waals surface area contributed by atoms with Gasteiger partial charge in [0.15, 0.2) is 0 Å². The van der Waals surface area contributed by atoms with E-state index in [1.807, 2.05) is 0 Å². The summed E-state index contributed by atoms with van der Waals surface area (Å²) in [5, 5.41) is 9.21. The summed E-state index contributed by atoms with van der Waals surface area (Å²) in [6.07, 6.45) is 0. The van der Waals surface area contributed by atoms with Crippen LogP contribution < -0.4 is 5.73 Å². The van der Waals surface area contributed by atoms with Gasteiger partial charge < -0.3 is 20.5 Å². The summed E-state index contributed by atoms with van der Waals surface area (Å²) < 4.78 is 5.23. The van der Waals surface area contributed by atoms with Crippen molar-refractivity contribution < 1.29 is 14.6 Å². The summed E-state index contributed by atoms with van der Waals surface area (Å²) in [5.74, 6) is -0.0904. The van der Waals surface area contributed by atoms with Gasteiger partial charge in [0.1, 0.15) is 0 Å². The number of carbonyl (C=O) groups excluding carboxylic acids is 1. The lowest BCUT2D eigenvalue weighted by atomic mass is 10.1. The number of aliphatic hydroxyl groups excluding tert-OH is 1. The van der Waals surface area contributed by atoms with Crippen molar-refractivity contribution in [3.05, 3.63) is 29.8 Å². The maximum atomic E-state index is 12.2. The molecule has 0 bridgehead atoms. The Balaban J connectivity index is 2.15. The lowest BCUT2D eigenvalue weighted by Crippen LogP contribution is -2.50. The van der Waals surface area contributed by atoms with E-state index < -0.39 is 0 Å². The molecule has 0 saturated carbocycles. The summed E-state index contributed by atoms with van der Waals surface area (Å²) in [5.41, 5.74) is 6.78. The average molecular weight is 236 g/mol. The number of morpholine rings is 1. The van der Waals surface area contributed by atoms with Crippen LogP contribution in [0.4, 0.5) is 5.69 Å². The predicted octanol–water partition coefficient (Wildman–Crippen LogP) is 0.102. The summed E-state index contributed by atoms with van der Waals surface area (Å²) in [6.45, 7) is 1.32. The molecule has 92 valence electrons. The highest BCUT2D eigenvalue weighted by molar-refractivity contribution is 5.94. The van der Waals surface area contributed by atoms with Crippen molar-refractivity contribution in [3.8, 4) is 0 Å². The molecule has 17 heavy (non-hydrogen) atoms. The fraction of sp³-hybridized carbons (Fsp3) is 0.417. The SMILES string of the molecule is Nc1ccc(C(=O)N2CCOCC2CO)cc1. The first-order valence-electron chi connectivity index (χ1n) is 5.57. The van der Waals surface area contributed by atoms with Gasteiger partial charge in [-0.3, -0.25) is 4.79 Å². The van der Waals surface area contributed by atoms with Gasteiger partial charge in [-0.25, -0.2) is 0 Å². The van der Waals surface area contributed by atoms with Crippen LogP contribution in [0.25, 0.3) is 0 Å². The van der Waals surface area contributed by atoms with Gasteiger partial charge in [0.25, 0.3) is 5.91 Å². The number of benzene rings is 1. The third kappa shape index (κ3) is 2.57. The molecule has 0 radical (unpaired) electrons. The van der Waals surface area contributed by atoms with Crippen molar-refractivity contribution in [2.24, 2.45) is 0 Å². The number of carbonyl (C=O) groups is 1. The van der Waals surface area contributed by atoms with Crippen LogP contribution in [0.5, 0.6) is 0 Å². The molecular weight excluding hydrogens is 220 g/mol. The lowest BCUT2D eigenvalue weighted by molar-refractivity contribution is -0.0183. The first-order valence-corrected chi connectivity index (χ1v) is 5.57. The van der Waals surface area contributed by atoms with Crippen LogP contribution >= 0.6 is 0 Å². The van der Waals surface area contributed by atoms with Gasteiger partial charge in [-0.2, -0.15) is 0 Å². The highest BCUT2D eigenvalue weighted by atomic mass is 16.5. The average Bonchev–Trinajstić information content (AvgIpc) is 2.39. The number of nitrogens with zero attached hydrogens (tertiary/aromatic N) is 1. The van der Waals surface area contributed by atoms with E-state index in [1.54, 1.807) is 29.2 Å². The molecule has 5 heteroatoms. The molecule has 1 saturated heterocycles. The number of anilines is 1. The number of ether oxygens (including phenoxy) is 1. The zero-order chi connectivity index (χ0) is 12.3. The summed E-state index contributed by atoms with van der Waals surface area (Å²) in [6, 6.07) is 6.53. The van der Waals surface area contributed by atoms with Crippen molar-refractivity contribution in [2.45, 2.75) is 6.04 Å². The highest BCUT2D eigenvalue weighted by Gasteiger charge is 2.27. The Kier molecular flexibility index (Phi) is 3.61. The van der Waals surface area contributed by atoms with E-state index in [4.69, 9.17) is 10.5 Å². The zero-order valence-electron chi connectivity index (χ0n) is 9.50. The monoisotopic (exact) mass is 236 g/mol. The second-order valence-corrected chi connectivity index (χ2v) is 4.03. The first kappa shape index (κ1) is 11.9. The van der Waals surface area contributed by atoms with Crippen LogP contribution in [-0.4, -0.2) is 48.3 Å². The number of amides is 1. The number of rotatable bonds is 2. The molecular formula is C12H16N2O3. The summed E-state index contributed by atoms with van der Waals surface area (Å²) >= 11 is 0. The highest BCUT2D eigenvalue weighted by Crippen LogP contribution is 2.13. The Morgan fingerprint density at radius 1 is 1.47 bits per heavy atom. The third-order valence-electron chi connectivity index (χ3n) is 2.86. The largest absolute Gasteiger partial charge is 0.399 e. The Bertz CT molecular complexity index is 391. The molecule has 3 N–H and O–H groups in total. The quantitative estimate of drug-likeness (QED) is 0.714. The first-order chi connectivity index (χ1) is 8.22. The van der Waals surface area contributed by atoms with Crippen LogP contribution in [-0.2, 0) is 4.74 Å². The summed E-state index contributed by atoms with van der Waals surface area (Å²) in [4.78, 5) is 13.8. The minimum atomic E-state index is -0.256. The van der Waals surface area contributed by atoms with Gasteiger partial charge in [0.05, 0.1) is 25.9 Å².